The van der Waals surface area contributed by atoms with E-state index in [1.807, 2.05) is 0 Å². The quantitative estimate of drug-likeness (QED) is 0.676. The van der Waals surface area contributed by atoms with Crippen molar-refractivity contribution >= 4 is 17.2 Å². The summed E-state index contributed by atoms with van der Waals surface area (Å²) in [7, 11) is 0. The summed E-state index contributed by atoms with van der Waals surface area (Å²) in [5.41, 5.74) is 0.231. The molecule has 104 valence electrons. The monoisotopic (exact) mass is 267 g/mol. The van der Waals surface area contributed by atoms with Gasteiger partial charge in [0.05, 0.1) is 4.99 Å². The first kappa shape index (κ1) is 14.3. The van der Waals surface area contributed by atoms with E-state index in [0.717, 1.165) is 5.92 Å². The zero-order valence-electron chi connectivity index (χ0n) is 12.2. The standard InChI is InChI=1S/C16H29NS/c1-16(2,13-14-9-5-3-6-10-14)15(18)17-11-7-4-8-12-17/h14H,3-13H2,1-2H3. The minimum atomic E-state index is 0.231. The molecule has 1 heterocycles. The zero-order chi connectivity index (χ0) is 13.0. The molecule has 0 aromatic rings. The lowest BCUT2D eigenvalue weighted by Gasteiger charge is -2.39. The van der Waals surface area contributed by atoms with Crippen LogP contribution in [0, 0.1) is 11.3 Å². The highest BCUT2D eigenvalue weighted by molar-refractivity contribution is 7.80. The number of nitrogens with zero attached hydrogens (tertiary/aromatic N) is 1. The van der Waals surface area contributed by atoms with Crippen molar-refractivity contribution < 1.29 is 0 Å². The van der Waals surface area contributed by atoms with Crippen molar-refractivity contribution in [1.82, 2.24) is 4.90 Å². The zero-order valence-corrected chi connectivity index (χ0v) is 13.0. The third kappa shape index (κ3) is 3.69. The molecular formula is C16H29NS. The van der Waals surface area contributed by atoms with Gasteiger partial charge in [-0.2, -0.15) is 0 Å². The van der Waals surface area contributed by atoms with Gasteiger partial charge in [-0.15, -0.1) is 0 Å². The van der Waals surface area contributed by atoms with E-state index in [2.05, 4.69) is 18.7 Å². The normalized spacial score (nSPS) is 23.1. The van der Waals surface area contributed by atoms with Crippen LogP contribution >= 0.6 is 12.2 Å². The summed E-state index contributed by atoms with van der Waals surface area (Å²) in [5, 5.41) is 0. The summed E-state index contributed by atoms with van der Waals surface area (Å²) in [4.78, 5) is 3.73. The molecular weight excluding hydrogens is 238 g/mol. The van der Waals surface area contributed by atoms with Gasteiger partial charge in [0.25, 0.3) is 0 Å². The van der Waals surface area contributed by atoms with Gasteiger partial charge in [0.1, 0.15) is 0 Å². The van der Waals surface area contributed by atoms with Crippen LogP contribution in [0.25, 0.3) is 0 Å². The number of rotatable bonds is 3. The van der Waals surface area contributed by atoms with Gasteiger partial charge in [0.15, 0.2) is 0 Å². The van der Waals surface area contributed by atoms with Gasteiger partial charge in [-0.05, 0) is 31.6 Å². The van der Waals surface area contributed by atoms with Crippen LogP contribution in [0.15, 0.2) is 0 Å². The first-order valence-corrected chi connectivity index (χ1v) is 8.30. The topological polar surface area (TPSA) is 3.24 Å². The Labute approximate surface area is 118 Å². The van der Waals surface area contributed by atoms with E-state index >= 15 is 0 Å². The number of thiocarbonyl (C=S) groups is 1. The van der Waals surface area contributed by atoms with Gasteiger partial charge >= 0.3 is 0 Å². The lowest BCUT2D eigenvalue weighted by atomic mass is 9.76. The number of piperidine rings is 1. The van der Waals surface area contributed by atoms with Gasteiger partial charge in [-0.3, -0.25) is 0 Å². The summed E-state index contributed by atoms with van der Waals surface area (Å²) in [6.07, 6.45) is 12.6. The van der Waals surface area contributed by atoms with Crippen molar-refractivity contribution in [3.8, 4) is 0 Å². The SMILES string of the molecule is CC(C)(CC1CCCCC1)C(=S)N1CCCCC1. The lowest BCUT2D eigenvalue weighted by Crippen LogP contribution is -2.43. The highest BCUT2D eigenvalue weighted by Crippen LogP contribution is 2.36. The summed E-state index contributed by atoms with van der Waals surface area (Å²) in [6, 6.07) is 0. The van der Waals surface area contributed by atoms with E-state index in [9.17, 15) is 0 Å². The Morgan fingerprint density at radius 2 is 1.56 bits per heavy atom. The van der Waals surface area contributed by atoms with E-state index in [1.54, 1.807) is 0 Å². The van der Waals surface area contributed by atoms with Crippen molar-refractivity contribution in [2.45, 2.75) is 71.6 Å². The molecule has 1 saturated heterocycles. The van der Waals surface area contributed by atoms with Gasteiger partial charge in [-0.1, -0.05) is 58.2 Å². The van der Waals surface area contributed by atoms with Crippen LogP contribution in [0.2, 0.25) is 0 Å². The van der Waals surface area contributed by atoms with Gasteiger partial charge in [-0.25, -0.2) is 0 Å². The molecule has 2 aliphatic rings. The van der Waals surface area contributed by atoms with Crippen LogP contribution in [-0.2, 0) is 0 Å². The van der Waals surface area contributed by atoms with Gasteiger partial charge in [0.2, 0.25) is 0 Å². The molecule has 0 unspecified atom stereocenters. The highest BCUT2D eigenvalue weighted by Gasteiger charge is 2.31. The molecule has 18 heavy (non-hydrogen) atoms. The van der Waals surface area contributed by atoms with E-state index in [1.165, 1.54) is 75.9 Å². The Balaban J connectivity index is 1.89. The number of hydrogen-bond donors (Lipinski definition) is 0. The molecule has 0 radical (unpaired) electrons. The first-order valence-electron chi connectivity index (χ1n) is 7.89. The third-order valence-corrected chi connectivity index (χ3v) is 5.56. The molecule has 1 saturated carbocycles. The van der Waals surface area contributed by atoms with Crippen LogP contribution in [0.1, 0.15) is 71.6 Å². The Bertz CT molecular complexity index is 273. The Kier molecular flexibility index (Phi) is 5.06. The molecule has 2 fully saturated rings. The minimum Gasteiger partial charge on any atom is -0.366 e. The van der Waals surface area contributed by atoms with Crippen LogP contribution in [0.3, 0.4) is 0 Å². The average molecular weight is 267 g/mol. The molecule has 2 heteroatoms. The van der Waals surface area contributed by atoms with E-state index < -0.39 is 0 Å². The summed E-state index contributed by atoms with van der Waals surface area (Å²) >= 11 is 5.80. The summed E-state index contributed by atoms with van der Waals surface area (Å²) < 4.78 is 0. The van der Waals surface area contributed by atoms with E-state index in [-0.39, 0.29) is 5.41 Å². The maximum Gasteiger partial charge on any atom is 0.0836 e. The molecule has 0 spiro atoms. The largest absolute Gasteiger partial charge is 0.366 e. The molecule has 0 bridgehead atoms. The average Bonchev–Trinajstić information content (AvgIpc) is 2.39. The van der Waals surface area contributed by atoms with Gasteiger partial charge < -0.3 is 4.90 Å². The number of hydrogen-bond acceptors (Lipinski definition) is 1. The Morgan fingerprint density at radius 3 is 2.17 bits per heavy atom. The maximum atomic E-state index is 5.80. The molecule has 1 aliphatic heterocycles. The van der Waals surface area contributed by atoms with Crippen molar-refractivity contribution in [1.29, 1.82) is 0 Å². The molecule has 1 nitrogen and oxygen atoms in total. The van der Waals surface area contributed by atoms with Crippen molar-refractivity contribution in [2.75, 3.05) is 13.1 Å². The smallest absolute Gasteiger partial charge is 0.0836 e. The fourth-order valence-electron chi connectivity index (χ4n) is 3.73. The second-order valence-electron chi connectivity index (χ2n) is 6.94. The van der Waals surface area contributed by atoms with Crippen LogP contribution in [-0.4, -0.2) is 23.0 Å². The predicted molar refractivity (Wildman–Crippen MR) is 83.0 cm³/mol. The Hall–Kier alpha value is -0.110. The van der Waals surface area contributed by atoms with E-state index in [0.29, 0.717) is 0 Å². The van der Waals surface area contributed by atoms with Crippen LogP contribution in [0.4, 0.5) is 0 Å². The predicted octanol–water partition coefficient (Wildman–Crippen LogP) is 4.80. The fourth-order valence-corrected chi connectivity index (χ4v) is 3.99. The van der Waals surface area contributed by atoms with Crippen molar-refractivity contribution in [3.05, 3.63) is 0 Å². The summed E-state index contributed by atoms with van der Waals surface area (Å²) in [5.74, 6) is 0.927. The van der Waals surface area contributed by atoms with Gasteiger partial charge in [0, 0.05) is 18.5 Å². The highest BCUT2D eigenvalue weighted by atomic mass is 32.1. The molecule has 0 amide bonds. The molecule has 1 aliphatic carbocycles. The van der Waals surface area contributed by atoms with Crippen LogP contribution in [0.5, 0.6) is 0 Å². The third-order valence-electron chi connectivity index (χ3n) is 4.75. The second-order valence-corrected chi connectivity index (χ2v) is 7.33. The second kappa shape index (κ2) is 6.36. The lowest BCUT2D eigenvalue weighted by molar-refractivity contribution is 0.250. The molecule has 2 rings (SSSR count). The molecule has 0 aromatic heterocycles. The minimum absolute atomic E-state index is 0.231. The van der Waals surface area contributed by atoms with Crippen LogP contribution < -0.4 is 0 Å². The molecule has 0 atom stereocenters. The van der Waals surface area contributed by atoms with Crippen molar-refractivity contribution in [2.24, 2.45) is 11.3 Å². The first-order chi connectivity index (χ1) is 8.59. The van der Waals surface area contributed by atoms with E-state index in [4.69, 9.17) is 12.2 Å². The summed E-state index contributed by atoms with van der Waals surface area (Å²) in [6.45, 7) is 7.15. The fraction of sp³-hybridized carbons (Fsp3) is 0.938. The Morgan fingerprint density at radius 1 is 1.00 bits per heavy atom. The maximum absolute atomic E-state index is 5.80. The van der Waals surface area contributed by atoms with Crippen molar-refractivity contribution in [3.63, 3.8) is 0 Å². The molecule has 0 aromatic carbocycles. The number of likely N-dealkylation sites (tertiary alicyclic amines) is 1. The molecule has 0 N–H and O–H groups in total.